The van der Waals surface area contributed by atoms with Crippen molar-refractivity contribution in [3.63, 3.8) is 0 Å². The van der Waals surface area contributed by atoms with Crippen molar-refractivity contribution in [2.45, 2.75) is 25.8 Å². The number of fused-ring (bicyclic) bond motifs is 1. The first-order chi connectivity index (χ1) is 11.8. The average molecular weight is 403 g/mol. The summed E-state index contributed by atoms with van der Waals surface area (Å²) in [6, 6.07) is 11.5. The number of hydrogen-bond donors (Lipinski definition) is 1. The van der Waals surface area contributed by atoms with Gasteiger partial charge in [0.15, 0.2) is 0 Å². The van der Waals surface area contributed by atoms with E-state index < -0.39 is 0 Å². The van der Waals surface area contributed by atoms with Crippen LogP contribution in [0.5, 0.6) is 5.75 Å². The minimum Gasteiger partial charge on any atom is -0.496 e. The summed E-state index contributed by atoms with van der Waals surface area (Å²) in [6.07, 6.45) is 0. The summed E-state index contributed by atoms with van der Waals surface area (Å²) in [6.45, 7) is 6.45. The molecule has 5 heteroatoms. The molecule has 0 unspecified atom stereocenters. The molecule has 0 saturated carbocycles. The summed E-state index contributed by atoms with van der Waals surface area (Å²) in [5.41, 5.74) is 4.15. The topological polar surface area (TPSA) is 41.6 Å². The molecule has 132 valence electrons. The lowest BCUT2D eigenvalue weighted by atomic mass is 9.78. The Hall–Kier alpha value is -1.85. The fourth-order valence-electron chi connectivity index (χ4n) is 3.58. The maximum absolute atomic E-state index is 12.5. The van der Waals surface area contributed by atoms with Gasteiger partial charge in [-0.1, -0.05) is 19.9 Å². The van der Waals surface area contributed by atoms with Gasteiger partial charge in [-0.15, -0.1) is 0 Å². The van der Waals surface area contributed by atoms with E-state index in [4.69, 9.17) is 4.74 Å². The molecule has 1 N–H and O–H groups in total. The zero-order valence-electron chi connectivity index (χ0n) is 15.0. The van der Waals surface area contributed by atoms with Gasteiger partial charge in [0.2, 0.25) is 0 Å². The predicted molar refractivity (Wildman–Crippen MR) is 104 cm³/mol. The molecule has 0 aliphatic carbocycles. The number of nitrogens with zero attached hydrogens (tertiary/aromatic N) is 1. The van der Waals surface area contributed by atoms with Gasteiger partial charge in [-0.3, -0.25) is 4.79 Å². The van der Waals surface area contributed by atoms with Crippen LogP contribution < -0.4 is 10.1 Å². The molecule has 25 heavy (non-hydrogen) atoms. The zero-order valence-corrected chi connectivity index (χ0v) is 16.6. The normalized spacial score (nSPS) is 16.2. The van der Waals surface area contributed by atoms with E-state index in [1.165, 1.54) is 11.1 Å². The highest BCUT2D eigenvalue weighted by molar-refractivity contribution is 9.10. The molecule has 1 heterocycles. The van der Waals surface area contributed by atoms with Gasteiger partial charge in [-0.25, -0.2) is 0 Å². The molecule has 0 atom stereocenters. The average Bonchev–Trinajstić information content (AvgIpc) is 2.53. The molecule has 0 spiro atoms. The van der Waals surface area contributed by atoms with E-state index in [0.29, 0.717) is 11.3 Å². The van der Waals surface area contributed by atoms with Crippen LogP contribution in [0.2, 0.25) is 0 Å². The van der Waals surface area contributed by atoms with E-state index in [2.05, 4.69) is 59.2 Å². The second kappa shape index (κ2) is 6.81. The van der Waals surface area contributed by atoms with Crippen LogP contribution in [-0.2, 0) is 12.0 Å². The molecule has 2 aromatic rings. The van der Waals surface area contributed by atoms with Crippen LogP contribution in [0, 0.1) is 0 Å². The second-order valence-electron chi connectivity index (χ2n) is 7.23. The summed E-state index contributed by atoms with van der Waals surface area (Å²) in [5.74, 6) is 0.572. The Kier molecular flexibility index (Phi) is 4.89. The lowest BCUT2D eigenvalue weighted by Gasteiger charge is -2.38. The van der Waals surface area contributed by atoms with Gasteiger partial charge >= 0.3 is 0 Å². The van der Waals surface area contributed by atoms with Crippen LogP contribution in [0.4, 0.5) is 5.69 Å². The minimum atomic E-state index is -0.133. The van der Waals surface area contributed by atoms with Crippen LogP contribution >= 0.6 is 15.9 Å². The molecule has 1 amide bonds. The summed E-state index contributed by atoms with van der Waals surface area (Å²) < 4.78 is 5.97. The molecule has 2 aromatic carbocycles. The number of nitrogens with one attached hydrogen (secondary N) is 1. The quantitative estimate of drug-likeness (QED) is 0.825. The van der Waals surface area contributed by atoms with Gasteiger partial charge in [0.25, 0.3) is 5.91 Å². The lowest BCUT2D eigenvalue weighted by molar-refractivity contribution is 0.102. The number of halogens is 1. The van der Waals surface area contributed by atoms with E-state index >= 15 is 0 Å². The molecule has 0 radical (unpaired) electrons. The Morgan fingerprint density at radius 1 is 1.24 bits per heavy atom. The largest absolute Gasteiger partial charge is 0.496 e. The summed E-state index contributed by atoms with van der Waals surface area (Å²) >= 11 is 3.42. The molecule has 0 bridgehead atoms. The van der Waals surface area contributed by atoms with Crippen LogP contribution in [-0.4, -0.2) is 31.5 Å². The molecule has 1 aliphatic heterocycles. The van der Waals surface area contributed by atoms with Crippen LogP contribution in [0.3, 0.4) is 0 Å². The van der Waals surface area contributed by atoms with E-state index in [1.807, 2.05) is 6.07 Å². The Bertz CT molecular complexity index is 817. The van der Waals surface area contributed by atoms with E-state index in [9.17, 15) is 4.79 Å². The number of carbonyl (C=O) groups is 1. The van der Waals surface area contributed by atoms with Crippen LogP contribution in [0.25, 0.3) is 0 Å². The molecular weight excluding hydrogens is 380 g/mol. The van der Waals surface area contributed by atoms with Crippen molar-refractivity contribution in [2.75, 3.05) is 26.0 Å². The van der Waals surface area contributed by atoms with Gasteiger partial charge in [-0.2, -0.15) is 0 Å². The minimum absolute atomic E-state index is 0.117. The van der Waals surface area contributed by atoms with E-state index in [-0.39, 0.29) is 11.3 Å². The van der Waals surface area contributed by atoms with Gasteiger partial charge in [-0.05, 0) is 64.4 Å². The second-order valence-corrected chi connectivity index (χ2v) is 8.09. The Morgan fingerprint density at radius 2 is 2.00 bits per heavy atom. The first-order valence-corrected chi connectivity index (χ1v) is 9.06. The third-order valence-corrected chi connectivity index (χ3v) is 5.23. The third kappa shape index (κ3) is 3.72. The van der Waals surface area contributed by atoms with Crippen molar-refractivity contribution in [1.29, 1.82) is 0 Å². The number of carbonyl (C=O) groups excluding carboxylic acids is 1. The van der Waals surface area contributed by atoms with Crippen molar-refractivity contribution in [2.24, 2.45) is 0 Å². The highest BCUT2D eigenvalue weighted by atomic mass is 79.9. The number of rotatable bonds is 3. The number of amides is 1. The molecule has 0 fully saturated rings. The number of methoxy groups -OCH3 is 1. The number of hydrogen-bond acceptors (Lipinski definition) is 3. The van der Waals surface area contributed by atoms with E-state index in [1.54, 1.807) is 25.3 Å². The molecule has 0 saturated heterocycles. The molecule has 1 aliphatic rings. The summed E-state index contributed by atoms with van der Waals surface area (Å²) in [5, 5.41) is 3.00. The standard InChI is InChI=1S/C20H23BrN2O2/c1-20(2)12-23(3)11-14-9-15(6-7-16(14)20)22-19(24)13-5-8-18(25-4)17(21)10-13/h5-10H,11-12H2,1-4H3,(H,22,24). The summed E-state index contributed by atoms with van der Waals surface area (Å²) in [4.78, 5) is 14.9. The Balaban J connectivity index is 1.83. The Labute approximate surface area is 157 Å². The highest BCUT2D eigenvalue weighted by Crippen LogP contribution is 2.34. The first-order valence-electron chi connectivity index (χ1n) is 8.27. The fraction of sp³-hybridized carbons (Fsp3) is 0.350. The van der Waals surface area contributed by atoms with Gasteiger partial charge in [0.05, 0.1) is 11.6 Å². The maximum atomic E-state index is 12.5. The first kappa shape index (κ1) is 18.0. The lowest BCUT2D eigenvalue weighted by Crippen LogP contribution is -2.39. The zero-order chi connectivity index (χ0) is 18.2. The fourth-order valence-corrected chi connectivity index (χ4v) is 4.12. The number of benzene rings is 2. The van der Waals surface area contributed by atoms with Crippen molar-refractivity contribution in [3.05, 3.63) is 57.6 Å². The predicted octanol–water partition coefficient (Wildman–Crippen LogP) is 4.43. The SMILES string of the molecule is COc1ccc(C(=O)Nc2ccc3c(c2)CN(C)CC3(C)C)cc1Br. The van der Waals surface area contributed by atoms with Crippen molar-refractivity contribution in [1.82, 2.24) is 4.90 Å². The highest BCUT2D eigenvalue weighted by Gasteiger charge is 2.30. The number of likely N-dealkylation sites (N-methyl/N-ethyl adjacent to an activating group) is 1. The summed E-state index contributed by atoms with van der Waals surface area (Å²) in [7, 11) is 3.73. The van der Waals surface area contributed by atoms with E-state index in [0.717, 1.165) is 23.2 Å². The van der Waals surface area contributed by atoms with Crippen molar-refractivity contribution >= 4 is 27.5 Å². The molecule has 4 nitrogen and oxygen atoms in total. The van der Waals surface area contributed by atoms with Gasteiger partial charge < -0.3 is 15.0 Å². The number of anilines is 1. The maximum Gasteiger partial charge on any atom is 0.255 e. The molecular formula is C20H23BrN2O2. The molecule has 3 rings (SSSR count). The van der Waals surface area contributed by atoms with Crippen molar-refractivity contribution in [3.8, 4) is 5.75 Å². The third-order valence-electron chi connectivity index (χ3n) is 4.61. The van der Waals surface area contributed by atoms with Crippen molar-refractivity contribution < 1.29 is 9.53 Å². The monoisotopic (exact) mass is 402 g/mol. The van der Waals surface area contributed by atoms with Gasteiger partial charge in [0.1, 0.15) is 5.75 Å². The Morgan fingerprint density at radius 3 is 2.68 bits per heavy atom. The van der Waals surface area contributed by atoms with Crippen LogP contribution in [0.15, 0.2) is 40.9 Å². The van der Waals surface area contributed by atoms with Gasteiger partial charge in [0, 0.05) is 29.8 Å². The smallest absolute Gasteiger partial charge is 0.255 e. The molecule has 0 aromatic heterocycles. The number of ether oxygens (including phenoxy) is 1. The van der Waals surface area contributed by atoms with Crippen LogP contribution in [0.1, 0.15) is 35.3 Å².